The molecule has 0 N–H and O–H groups in total. The molecule has 1 aliphatic heterocycles. The summed E-state index contributed by atoms with van der Waals surface area (Å²) >= 11 is 3.59. The fourth-order valence-corrected chi connectivity index (χ4v) is 2.87. The van der Waals surface area contributed by atoms with Crippen molar-refractivity contribution in [3.63, 3.8) is 0 Å². The Morgan fingerprint density at radius 1 is 1.43 bits per heavy atom. The molecular formula is C11H19BrO2. The van der Waals surface area contributed by atoms with Gasteiger partial charge in [-0.25, -0.2) is 0 Å². The molecule has 3 heteroatoms. The van der Waals surface area contributed by atoms with E-state index in [1.165, 1.54) is 25.7 Å². The van der Waals surface area contributed by atoms with Gasteiger partial charge in [-0.2, -0.15) is 0 Å². The molecule has 0 aromatic heterocycles. The summed E-state index contributed by atoms with van der Waals surface area (Å²) in [7, 11) is 0. The van der Waals surface area contributed by atoms with Crippen molar-refractivity contribution in [1.82, 2.24) is 0 Å². The van der Waals surface area contributed by atoms with E-state index in [0.29, 0.717) is 11.3 Å². The zero-order valence-electron chi connectivity index (χ0n) is 8.64. The third-order valence-electron chi connectivity index (χ3n) is 3.48. The molecule has 0 spiro atoms. The van der Waals surface area contributed by atoms with Gasteiger partial charge in [0, 0.05) is 23.3 Å². The van der Waals surface area contributed by atoms with Gasteiger partial charge in [-0.1, -0.05) is 22.4 Å². The first-order valence-electron chi connectivity index (χ1n) is 5.56. The molecule has 1 unspecified atom stereocenters. The van der Waals surface area contributed by atoms with Crippen molar-refractivity contribution in [2.75, 3.05) is 31.8 Å². The van der Waals surface area contributed by atoms with Crippen molar-refractivity contribution in [3.8, 4) is 0 Å². The van der Waals surface area contributed by atoms with Crippen LogP contribution in [0.1, 0.15) is 25.7 Å². The van der Waals surface area contributed by atoms with Gasteiger partial charge in [0.1, 0.15) is 0 Å². The predicted octanol–water partition coefficient (Wildman–Crippen LogP) is 2.60. The van der Waals surface area contributed by atoms with Crippen LogP contribution < -0.4 is 0 Å². The molecule has 0 aromatic rings. The summed E-state index contributed by atoms with van der Waals surface area (Å²) in [4.78, 5) is 0. The van der Waals surface area contributed by atoms with E-state index in [1.54, 1.807) is 0 Å². The van der Waals surface area contributed by atoms with Crippen LogP contribution in [-0.4, -0.2) is 31.8 Å². The van der Waals surface area contributed by atoms with E-state index in [4.69, 9.17) is 9.47 Å². The second-order valence-electron chi connectivity index (χ2n) is 4.73. The summed E-state index contributed by atoms with van der Waals surface area (Å²) in [6.07, 6.45) is 5.22. The minimum absolute atomic E-state index is 0.472. The summed E-state index contributed by atoms with van der Waals surface area (Å²) in [6, 6.07) is 0. The molecule has 1 saturated heterocycles. The lowest BCUT2D eigenvalue weighted by Gasteiger charge is -2.40. The van der Waals surface area contributed by atoms with Crippen LogP contribution in [-0.2, 0) is 9.47 Å². The van der Waals surface area contributed by atoms with Gasteiger partial charge < -0.3 is 9.47 Å². The Morgan fingerprint density at radius 2 is 2.29 bits per heavy atom. The molecule has 1 aliphatic carbocycles. The summed E-state index contributed by atoms with van der Waals surface area (Å²) in [6.45, 7) is 3.67. The maximum absolute atomic E-state index is 5.81. The maximum Gasteiger partial charge on any atom is 0.0530 e. The molecular weight excluding hydrogens is 244 g/mol. The Bertz CT molecular complexity index is 169. The van der Waals surface area contributed by atoms with E-state index in [2.05, 4.69) is 15.9 Å². The lowest BCUT2D eigenvalue weighted by atomic mass is 9.71. The third kappa shape index (κ3) is 2.50. The molecule has 2 rings (SSSR count). The second kappa shape index (κ2) is 4.95. The first kappa shape index (κ1) is 10.9. The van der Waals surface area contributed by atoms with Gasteiger partial charge in [-0.3, -0.25) is 0 Å². The number of ether oxygens (including phenoxy) is 2. The van der Waals surface area contributed by atoms with Crippen LogP contribution in [0.2, 0.25) is 0 Å². The smallest absolute Gasteiger partial charge is 0.0530 e. The topological polar surface area (TPSA) is 18.5 Å². The molecule has 2 aliphatic rings. The van der Waals surface area contributed by atoms with Crippen LogP contribution >= 0.6 is 15.9 Å². The molecule has 1 heterocycles. The monoisotopic (exact) mass is 262 g/mol. The van der Waals surface area contributed by atoms with Gasteiger partial charge in [0.25, 0.3) is 0 Å². The molecule has 1 saturated carbocycles. The van der Waals surface area contributed by atoms with Crippen molar-refractivity contribution in [2.45, 2.75) is 25.7 Å². The number of hydrogen-bond donors (Lipinski definition) is 0. The van der Waals surface area contributed by atoms with E-state index < -0.39 is 0 Å². The van der Waals surface area contributed by atoms with Gasteiger partial charge in [0.2, 0.25) is 0 Å². The Morgan fingerprint density at radius 3 is 2.79 bits per heavy atom. The SMILES string of the molecule is BrCC1(COCC2CCOC2)CCC1. The van der Waals surface area contributed by atoms with Crippen LogP contribution in [0.15, 0.2) is 0 Å². The van der Waals surface area contributed by atoms with Crippen LogP contribution in [0.3, 0.4) is 0 Å². The Balaban J connectivity index is 1.61. The summed E-state index contributed by atoms with van der Waals surface area (Å²) in [5.74, 6) is 0.655. The fourth-order valence-electron chi connectivity index (χ4n) is 2.15. The van der Waals surface area contributed by atoms with Crippen molar-refractivity contribution in [1.29, 1.82) is 0 Å². The van der Waals surface area contributed by atoms with E-state index in [-0.39, 0.29) is 0 Å². The third-order valence-corrected chi connectivity index (χ3v) is 4.67. The van der Waals surface area contributed by atoms with Crippen LogP contribution in [0.25, 0.3) is 0 Å². The minimum atomic E-state index is 0.472. The van der Waals surface area contributed by atoms with Crippen molar-refractivity contribution < 1.29 is 9.47 Å². The molecule has 2 nitrogen and oxygen atoms in total. The first-order chi connectivity index (χ1) is 6.85. The average Bonchev–Trinajstić information content (AvgIpc) is 2.62. The molecule has 1 atom stereocenters. The van der Waals surface area contributed by atoms with Crippen LogP contribution in [0.4, 0.5) is 0 Å². The van der Waals surface area contributed by atoms with Crippen LogP contribution in [0.5, 0.6) is 0 Å². The zero-order chi connectivity index (χ0) is 9.86. The van der Waals surface area contributed by atoms with E-state index in [0.717, 1.165) is 31.8 Å². The molecule has 82 valence electrons. The van der Waals surface area contributed by atoms with Gasteiger partial charge in [0.15, 0.2) is 0 Å². The van der Waals surface area contributed by atoms with E-state index in [9.17, 15) is 0 Å². The van der Waals surface area contributed by atoms with E-state index in [1.807, 2.05) is 0 Å². The Hall–Kier alpha value is 0.400. The van der Waals surface area contributed by atoms with Gasteiger partial charge in [0.05, 0.1) is 19.8 Å². The number of hydrogen-bond acceptors (Lipinski definition) is 2. The van der Waals surface area contributed by atoms with Gasteiger partial charge >= 0.3 is 0 Å². The summed E-state index contributed by atoms with van der Waals surface area (Å²) in [5, 5.41) is 1.10. The molecule has 14 heavy (non-hydrogen) atoms. The highest BCUT2D eigenvalue weighted by Gasteiger charge is 2.36. The maximum atomic E-state index is 5.81. The van der Waals surface area contributed by atoms with Gasteiger partial charge in [-0.05, 0) is 19.3 Å². The first-order valence-corrected chi connectivity index (χ1v) is 6.68. The van der Waals surface area contributed by atoms with Crippen molar-refractivity contribution in [2.24, 2.45) is 11.3 Å². The lowest BCUT2D eigenvalue weighted by Crippen LogP contribution is -2.36. The van der Waals surface area contributed by atoms with Gasteiger partial charge in [-0.15, -0.1) is 0 Å². The fraction of sp³-hybridized carbons (Fsp3) is 1.00. The number of halogens is 1. The number of rotatable bonds is 5. The standard InChI is InChI=1S/C11H19BrO2/c12-8-11(3-1-4-11)9-14-7-10-2-5-13-6-10/h10H,1-9H2. The minimum Gasteiger partial charge on any atom is -0.381 e. The quantitative estimate of drug-likeness (QED) is 0.710. The molecule has 0 amide bonds. The lowest BCUT2D eigenvalue weighted by molar-refractivity contribution is -0.00436. The molecule has 0 bridgehead atoms. The number of alkyl halides is 1. The highest BCUT2D eigenvalue weighted by Crippen LogP contribution is 2.42. The van der Waals surface area contributed by atoms with Crippen LogP contribution in [0, 0.1) is 11.3 Å². The highest BCUT2D eigenvalue weighted by molar-refractivity contribution is 9.09. The molecule has 0 radical (unpaired) electrons. The van der Waals surface area contributed by atoms with Crippen molar-refractivity contribution in [3.05, 3.63) is 0 Å². The Kier molecular flexibility index (Phi) is 3.86. The summed E-state index contributed by atoms with van der Waals surface area (Å²) in [5.41, 5.74) is 0.472. The largest absolute Gasteiger partial charge is 0.381 e. The zero-order valence-corrected chi connectivity index (χ0v) is 10.2. The Labute approximate surface area is 94.5 Å². The predicted molar refractivity (Wildman–Crippen MR) is 59.8 cm³/mol. The van der Waals surface area contributed by atoms with E-state index >= 15 is 0 Å². The highest BCUT2D eigenvalue weighted by atomic mass is 79.9. The summed E-state index contributed by atoms with van der Waals surface area (Å²) < 4.78 is 11.1. The molecule has 2 fully saturated rings. The normalized spacial score (nSPS) is 30.2. The average molecular weight is 263 g/mol. The van der Waals surface area contributed by atoms with Crippen molar-refractivity contribution >= 4 is 15.9 Å². The molecule has 0 aromatic carbocycles. The second-order valence-corrected chi connectivity index (χ2v) is 5.29.